The van der Waals surface area contributed by atoms with Gasteiger partial charge in [0.05, 0.1) is 6.20 Å². The van der Waals surface area contributed by atoms with Crippen molar-refractivity contribution in [3.05, 3.63) is 17.8 Å². The van der Waals surface area contributed by atoms with Gasteiger partial charge in [-0.25, -0.2) is 0 Å². The maximum Gasteiger partial charge on any atom is 0.0877 e. The average molecular weight is 150 g/mol. The van der Waals surface area contributed by atoms with Gasteiger partial charge in [-0.2, -0.15) is 0 Å². The van der Waals surface area contributed by atoms with Crippen molar-refractivity contribution in [1.29, 1.82) is 5.41 Å². The molecule has 0 rings (SSSR count). The molecule has 0 saturated heterocycles. The van der Waals surface area contributed by atoms with Crippen molar-refractivity contribution >= 4 is 11.6 Å². The van der Waals surface area contributed by atoms with Gasteiger partial charge in [-0.3, -0.25) is 10.4 Å². The molecule has 0 aliphatic rings. The second-order valence-corrected chi connectivity index (χ2v) is 2.16. The van der Waals surface area contributed by atoms with Gasteiger partial charge in [-0.05, 0) is 31.7 Å². The number of rotatable bonds is 3. The van der Waals surface area contributed by atoms with E-state index in [2.05, 4.69) is 17.8 Å². The zero-order valence-corrected chi connectivity index (χ0v) is 7.31. The third-order valence-corrected chi connectivity index (χ3v) is 1.52. The third-order valence-electron chi connectivity index (χ3n) is 1.52. The summed E-state index contributed by atoms with van der Waals surface area (Å²) in [5, 5.41) is 6.62. The first-order valence-electron chi connectivity index (χ1n) is 3.70. The van der Waals surface area contributed by atoms with E-state index in [9.17, 15) is 0 Å². The SMILES string of the molecule is C/C=C(CC)\C(C)=N/C=C=N. The van der Waals surface area contributed by atoms with E-state index in [1.807, 2.05) is 19.9 Å². The fraction of sp³-hybridized carbons (Fsp3) is 0.444. The molecule has 0 bridgehead atoms. The molecule has 0 aromatic carbocycles. The van der Waals surface area contributed by atoms with Crippen LogP contribution in [0.4, 0.5) is 0 Å². The number of nitrogens with zero attached hydrogens (tertiary/aromatic N) is 1. The lowest BCUT2D eigenvalue weighted by atomic mass is 10.1. The Balaban J connectivity index is 4.44. The van der Waals surface area contributed by atoms with Crippen LogP contribution in [-0.4, -0.2) is 11.6 Å². The van der Waals surface area contributed by atoms with Crippen LogP contribution >= 0.6 is 0 Å². The Bertz CT molecular complexity index is 218. The third kappa shape index (κ3) is 3.54. The summed E-state index contributed by atoms with van der Waals surface area (Å²) in [6.45, 7) is 6.02. The maximum absolute atomic E-state index is 6.62. The highest BCUT2D eigenvalue weighted by Crippen LogP contribution is 2.02. The average Bonchev–Trinajstić information content (AvgIpc) is 2.03. The summed E-state index contributed by atoms with van der Waals surface area (Å²) in [6, 6.07) is 0. The van der Waals surface area contributed by atoms with E-state index in [0.29, 0.717) is 0 Å². The summed E-state index contributed by atoms with van der Waals surface area (Å²) in [6.07, 6.45) is 4.39. The lowest BCUT2D eigenvalue weighted by molar-refractivity contribution is 1.16. The molecule has 0 amide bonds. The largest absolute Gasteiger partial charge is 0.257 e. The Morgan fingerprint density at radius 3 is 2.64 bits per heavy atom. The van der Waals surface area contributed by atoms with E-state index in [0.717, 1.165) is 12.1 Å². The smallest absolute Gasteiger partial charge is 0.0877 e. The zero-order valence-electron chi connectivity index (χ0n) is 7.31. The van der Waals surface area contributed by atoms with Gasteiger partial charge in [0.15, 0.2) is 0 Å². The normalized spacial score (nSPS) is 12.6. The molecule has 11 heavy (non-hydrogen) atoms. The van der Waals surface area contributed by atoms with Crippen molar-refractivity contribution in [2.24, 2.45) is 4.99 Å². The number of hydrogen-bond acceptors (Lipinski definition) is 2. The minimum atomic E-state index is 0.967. The van der Waals surface area contributed by atoms with Gasteiger partial charge < -0.3 is 0 Å². The van der Waals surface area contributed by atoms with Crippen LogP contribution in [0.1, 0.15) is 27.2 Å². The van der Waals surface area contributed by atoms with Crippen LogP contribution < -0.4 is 0 Å². The summed E-state index contributed by atoms with van der Waals surface area (Å²) in [7, 11) is 0. The molecule has 0 heterocycles. The highest BCUT2D eigenvalue weighted by Gasteiger charge is 1.94. The number of hydrogen-bond donors (Lipinski definition) is 1. The lowest BCUT2D eigenvalue weighted by Gasteiger charge is -1.99. The Hall–Kier alpha value is -1.14. The zero-order chi connectivity index (χ0) is 8.69. The van der Waals surface area contributed by atoms with Gasteiger partial charge in [-0.1, -0.05) is 13.0 Å². The minimum Gasteiger partial charge on any atom is -0.257 e. The van der Waals surface area contributed by atoms with Crippen LogP contribution in [0.3, 0.4) is 0 Å². The maximum atomic E-state index is 6.62. The quantitative estimate of drug-likeness (QED) is 0.600. The van der Waals surface area contributed by atoms with Crippen LogP contribution in [0.2, 0.25) is 0 Å². The topological polar surface area (TPSA) is 36.2 Å². The van der Waals surface area contributed by atoms with E-state index in [4.69, 9.17) is 5.41 Å². The van der Waals surface area contributed by atoms with Gasteiger partial charge in [0.2, 0.25) is 0 Å². The molecule has 0 spiro atoms. The molecule has 0 radical (unpaired) electrons. The fourth-order valence-electron chi connectivity index (χ4n) is 0.881. The Morgan fingerprint density at radius 2 is 2.27 bits per heavy atom. The van der Waals surface area contributed by atoms with Crippen LogP contribution in [0.5, 0.6) is 0 Å². The highest BCUT2D eigenvalue weighted by atomic mass is 14.7. The van der Waals surface area contributed by atoms with Crippen molar-refractivity contribution in [1.82, 2.24) is 0 Å². The molecular weight excluding hydrogens is 136 g/mol. The first-order chi connectivity index (χ1) is 5.26. The highest BCUT2D eigenvalue weighted by molar-refractivity contribution is 5.98. The van der Waals surface area contributed by atoms with Crippen LogP contribution in [0.25, 0.3) is 0 Å². The first-order valence-corrected chi connectivity index (χ1v) is 3.70. The van der Waals surface area contributed by atoms with Crippen molar-refractivity contribution in [2.75, 3.05) is 0 Å². The van der Waals surface area contributed by atoms with Crippen LogP contribution in [0, 0.1) is 5.41 Å². The molecule has 0 saturated carbocycles. The van der Waals surface area contributed by atoms with Gasteiger partial charge in [0.25, 0.3) is 0 Å². The minimum absolute atomic E-state index is 0.967. The fourth-order valence-corrected chi connectivity index (χ4v) is 0.881. The molecule has 0 atom stereocenters. The molecule has 60 valence electrons. The predicted molar refractivity (Wildman–Crippen MR) is 49.5 cm³/mol. The molecule has 2 nitrogen and oxygen atoms in total. The van der Waals surface area contributed by atoms with Crippen LogP contribution in [0.15, 0.2) is 22.8 Å². The first kappa shape index (κ1) is 9.86. The van der Waals surface area contributed by atoms with Crippen molar-refractivity contribution in [2.45, 2.75) is 27.2 Å². The Labute approximate surface area is 67.9 Å². The molecule has 0 unspecified atom stereocenters. The van der Waals surface area contributed by atoms with Crippen molar-refractivity contribution in [3.63, 3.8) is 0 Å². The standard InChI is InChI=1S/C9H14N2/c1-4-9(5-2)8(3)11-7-6-10/h4,7,10H,5H2,1-3H3/b9-4-,11-8-. The molecule has 0 aromatic rings. The molecule has 1 N–H and O–H groups in total. The van der Waals surface area contributed by atoms with Crippen molar-refractivity contribution in [3.8, 4) is 0 Å². The molecule has 0 fully saturated rings. The summed E-state index contributed by atoms with van der Waals surface area (Å²) in [5.41, 5.74) is 2.19. The summed E-state index contributed by atoms with van der Waals surface area (Å²) >= 11 is 0. The van der Waals surface area contributed by atoms with Gasteiger partial charge in [-0.15, -0.1) is 0 Å². The number of aliphatic imine (C=N–C) groups is 1. The predicted octanol–water partition coefficient (Wildman–Crippen LogP) is 2.57. The van der Waals surface area contributed by atoms with E-state index in [1.54, 1.807) is 0 Å². The van der Waals surface area contributed by atoms with Gasteiger partial charge in [0.1, 0.15) is 0 Å². The molecule has 2 heteroatoms. The molecular formula is C9H14N2. The van der Waals surface area contributed by atoms with E-state index < -0.39 is 0 Å². The molecule has 0 aromatic heterocycles. The van der Waals surface area contributed by atoms with Crippen LogP contribution in [-0.2, 0) is 0 Å². The van der Waals surface area contributed by atoms with E-state index in [1.165, 1.54) is 11.8 Å². The number of allylic oxidation sites excluding steroid dienone is 2. The summed E-state index contributed by atoms with van der Waals surface area (Å²) < 4.78 is 0. The lowest BCUT2D eigenvalue weighted by Crippen LogP contribution is -1.94. The van der Waals surface area contributed by atoms with Crippen molar-refractivity contribution < 1.29 is 0 Å². The molecule has 0 aliphatic heterocycles. The summed E-state index contributed by atoms with van der Waals surface area (Å²) in [5.74, 6) is 2.11. The second-order valence-electron chi connectivity index (χ2n) is 2.16. The summed E-state index contributed by atoms with van der Waals surface area (Å²) in [4.78, 5) is 4.01. The Morgan fingerprint density at radius 1 is 1.64 bits per heavy atom. The molecule has 0 aliphatic carbocycles. The number of nitrogens with one attached hydrogen (secondary N) is 1. The van der Waals surface area contributed by atoms with E-state index in [-0.39, 0.29) is 0 Å². The van der Waals surface area contributed by atoms with Gasteiger partial charge in [0, 0.05) is 5.71 Å². The Kier molecular flexibility index (Phi) is 5.05. The monoisotopic (exact) mass is 150 g/mol. The second kappa shape index (κ2) is 5.63. The van der Waals surface area contributed by atoms with Gasteiger partial charge >= 0.3 is 0 Å². The van der Waals surface area contributed by atoms with E-state index >= 15 is 0 Å².